The zero-order chi connectivity index (χ0) is 23.7. The van der Waals surface area contributed by atoms with E-state index in [-0.39, 0.29) is 5.91 Å². The lowest BCUT2D eigenvalue weighted by Gasteiger charge is -2.34. The fourth-order valence-electron chi connectivity index (χ4n) is 4.09. The second kappa shape index (κ2) is 9.11. The van der Waals surface area contributed by atoms with Crippen LogP contribution in [0.5, 0.6) is 5.88 Å². The number of likely N-dealkylation sites (N-methyl/N-ethyl adjacent to an activating group) is 1. The number of piperazine rings is 1. The van der Waals surface area contributed by atoms with E-state index >= 15 is 0 Å². The van der Waals surface area contributed by atoms with E-state index in [4.69, 9.17) is 4.74 Å². The fraction of sp³-hybridized carbons (Fsp3) is 0.280. The van der Waals surface area contributed by atoms with Crippen LogP contribution in [0.15, 0.2) is 48.8 Å². The van der Waals surface area contributed by atoms with Gasteiger partial charge in [-0.3, -0.25) is 4.79 Å². The van der Waals surface area contributed by atoms with Crippen LogP contribution in [0.1, 0.15) is 15.9 Å². The quantitative estimate of drug-likeness (QED) is 0.474. The van der Waals surface area contributed by atoms with Crippen LogP contribution in [-0.4, -0.2) is 71.1 Å². The lowest BCUT2D eigenvalue weighted by Crippen LogP contribution is -2.44. The highest BCUT2D eigenvalue weighted by atomic mass is 16.5. The number of rotatable bonds is 5. The van der Waals surface area contributed by atoms with Gasteiger partial charge in [-0.1, -0.05) is 0 Å². The highest BCUT2D eigenvalue weighted by Crippen LogP contribution is 2.26. The summed E-state index contributed by atoms with van der Waals surface area (Å²) in [6, 6.07) is 11.8. The average Bonchev–Trinajstić information content (AvgIpc) is 3.30. The van der Waals surface area contributed by atoms with Crippen LogP contribution in [0.25, 0.3) is 22.6 Å². The van der Waals surface area contributed by atoms with Crippen molar-refractivity contribution in [2.45, 2.75) is 6.92 Å². The molecule has 4 aromatic rings. The standard InChI is InChI=1S/C25H27N7O2/c1-16-14-21(34-3)27-15-20(16)28-25(33)19-8-9-26-24-22(19)29-23(30-24)17-4-6-18(7-5-17)32-12-10-31(2)11-13-32/h4-9,14-15H,10-13H2,1-3H3,(H,28,33)(H,26,29,30). The third-order valence-corrected chi connectivity index (χ3v) is 6.19. The van der Waals surface area contributed by atoms with Gasteiger partial charge in [-0.25, -0.2) is 15.0 Å². The first-order valence-corrected chi connectivity index (χ1v) is 11.2. The molecule has 2 N–H and O–H groups in total. The van der Waals surface area contributed by atoms with E-state index in [1.165, 1.54) is 5.69 Å². The number of methoxy groups -OCH3 is 1. The van der Waals surface area contributed by atoms with Crippen molar-refractivity contribution in [3.05, 3.63) is 59.9 Å². The number of nitrogens with zero attached hydrogens (tertiary/aromatic N) is 5. The van der Waals surface area contributed by atoms with Crippen molar-refractivity contribution in [1.29, 1.82) is 0 Å². The molecule has 1 aliphatic heterocycles. The maximum absolute atomic E-state index is 13.1. The molecule has 174 valence electrons. The molecule has 0 aliphatic carbocycles. The lowest BCUT2D eigenvalue weighted by atomic mass is 10.1. The van der Waals surface area contributed by atoms with Gasteiger partial charge in [0.1, 0.15) is 5.82 Å². The zero-order valence-corrected chi connectivity index (χ0v) is 19.5. The normalized spacial score (nSPS) is 14.4. The third-order valence-electron chi connectivity index (χ3n) is 6.19. The summed E-state index contributed by atoms with van der Waals surface area (Å²) in [6.45, 7) is 6.06. The van der Waals surface area contributed by atoms with Gasteiger partial charge in [-0.2, -0.15) is 0 Å². The van der Waals surface area contributed by atoms with E-state index in [1.807, 2.05) is 6.92 Å². The summed E-state index contributed by atoms with van der Waals surface area (Å²) in [5.41, 5.74) is 5.18. The number of H-pyrrole nitrogens is 1. The number of benzene rings is 1. The molecule has 1 aromatic carbocycles. The second-order valence-electron chi connectivity index (χ2n) is 8.48. The van der Waals surface area contributed by atoms with Crippen LogP contribution in [-0.2, 0) is 0 Å². The first kappa shape index (κ1) is 21.8. The molecule has 9 nitrogen and oxygen atoms in total. The highest BCUT2D eigenvalue weighted by Gasteiger charge is 2.18. The van der Waals surface area contributed by atoms with Crippen molar-refractivity contribution >= 4 is 28.4 Å². The van der Waals surface area contributed by atoms with Crippen molar-refractivity contribution in [3.8, 4) is 17.3 Å². The number of ether oxygens (including phenoxy) is 1. The Morgan fingerprint density at radius 3 is 2.56 bits per heavy atom. The van der Waals surface area contributed by atoms with Crippen LogP contribution in [0, 0.1) is 6.92 Å². The Kier molecular flexibility index (Phi) is 5.85. The number of carbonyl (C=O) groups excluding carboxylic acids is 1. The van der Waals surface area contributed by atoms with Crippen LogP contribution in [0.3, 0.4) is 0 Å². The molecule has 0 spiro atoms. The fourth-order valence-corrected chi connectivity index (χ4v) is 4.09. The number of aryl methyl sites for hydroxylation is 1. The molecule has 9 heteroatoms. The van der Waals surface area contributed by atoms with Gasteiger partial charge in [0.25, 0.3) is 5.91 Å². The number of imidazole rings is 1. The smallest absolute Gasteiger partial charge is 0.258 e. The minimum Gasteiger partial charge on any atom is -0.481 e. The number of aromatic amines is 1. The molecule has 0 saturated carbocycles. The number of pyridine rings is 2. The summed E-state index contributed by atoms with van der Waals surface area (Å²) in [4.78, 5) is 34.3. The van der Waals surface area contributed by atoms with Crippen molar-refractivity contribution < 1.29 is 9.53 Å². The molecule has 5 rings (SSSR count). The van der Waals surface area contributed by atoms with Crippen molar-refractivity contribution in [1.82, 2.24) is 24.8 Å². The molecule has 1 amide bonds. The molecule has 3 aromatic heterocycles. The Morgan fingerprint density at radius 1 is 1.09 bits per heavy atom. The van der Waals surface area contributed by atoms with Gasteiger partial charge in [-0.05, 0) is 49.9 Å². The van der Waals surface area contributed by atoms with Gasteiger partial charge in [0, 0.05) is 49.7 Å². The molecule has 0 unspecified atom stereocenters. The number of hydrogen-bond donors (Lipinski definition) is 2. The van der Waals surface area contributed by atoms with Gasteiger partial charge < -0.3 is 24.8 Å². The molecular formula is C25H27N7O2. The van der Waals surface area contributed by atoms with Crippen LogP contribution < -0.4 is 15.0 Å². The van der Waals surface area contributed by atoms with Gasteiger partial charge in [0.2, 0.25) is 5.88 Å². The van der Waals surface area contributed by atoms with E-state index in [9.17, 15) is 4.79 Å². The topological polar surface area (TPSA) is 99.3 Å². The van der Waals surface area contributed by atoms with Crippen molar-refractivity contribution in [3.63, 3.8) is 0 Å². The molecule has 0 radical (unpaired) electrons. The summed E-state index contributed by atoms with van der Waals surface area (Å²) in [5.74, 6) is 0.914. The SMILES string of the molecule is COc1cc(C)c(NC(=O)c2ccnc3nc(-c4ccc(N5CCN(C)CC5)cc4)[nH]c23)cn1. The summed E-state index contributed by atoms with van der Waals surface area (Å²) in [5, 5.41) is 2.92. The molecule has 34 heavy (non-hydrogen) atoms. The number of anilines is 2. The molecule has 0 atom stereocenters. The number of hydrogen-bond acceptors (Lipinski definition) is 7. The van der Waals surface area contributed by atoms with E-state index in [1.54, 1.807) is 31.6 Å². The molecule has 1 saturated heterocycles. The predicted molar refractivity (Wildman–Crippen MR) is 133 cm³/mol. The Bertz CT molecular complexity index is 1330. The first-order valence-electron chi connectivity index (χ1n) is 11.2. The summed E-state index contributed by atoms with van der Waals surface area (Å²) < 4.78 is 5.14. The maximum atomic E-state index is 13.1. The Morgan fingerprint density at radius 2 is 1.85 bits per heavy atom. The van der Waals surface area contributed by atoms with Crippen LogP contribution in [0.4, 0.5) is 11.4 Å². The summed E-state index contributed by atoms with van der Waals surface area (Å²) >= 11 is 0. The second-order valence-corrected chi connectivity index (χ2v) is 8.48. The third kappa shape index (κ3) is 4.29. The van der Waals surface area contributed by atoms with Gasteiger partial charge in [-0.15, -0.1) is 0 Å². The van der Waals surface area contributed by atoms with Crippen LogP contribution in [0.2, 0.25) is 0 Å². The van der Waals surface area contributed by atoms with E-state index in [2.05, 4.69) is 66.4 Å². The van der Waals surface area contributed by atoms with Crippen molar-refractivity contribution in [2.75, 3.05) is 50.6 Å². The zero-order valence-electron chi connectivity index (χ0n) is 19.5. The maximum Gasteiger partial charge on any atom is 0.258 e. The monoisotopic (exact) mass is 457 g/mol. The van der Waals surface area contributed by atoms with Crippen LogP contribution >= 0.6 is 0 Å². The Hall–Kier alpha value is -3.98. The number of aromatic nitrogens is 4. The lowest BCUT2D eigenvalue weighted by molar-refractivity contribution is 0.102. The molecular weight excluding hydrogens is 430 g/mol. The number of nitrogens with one attached hydrogen (secondary N) is 2. The van der Waals surface area contributed by atoms with Gasteiger partial charge in [0.05, 0.1) is 30.1 Å². The number of fused-ring (bicyclic) bond motifs is 1. The first-order chi connectivity index (χ1) is 16.5. The van der Waals surface area contributed by atoms with E-state index in [0.717, 1.165) is 37.3 Å². The van der Waals surface area contributed by atoms with E-state index < -0.39 is 0 Å². The summed E-state index contributed by atoms with van der Waals surface area (Å²) in [7, 11) is 3.71. The average molecular weight is 458 g/mol. The largest absolute Gasteiger partial charge is 0.481 e. The number of amides is 1. The van der Waals surface area contributed by atoms with Crippen molar-refractivity contribution in [2.24, 2.45) is 0 Å². The summed E-state index contributed by atoms with van der Waals surface area (Å²) in [6.07, 6.45) is 3.18. The molecule has 1 fully saturated rings. The van der Waals surface area contributed by atoms with Gasteiger partial charge in [0.15, 0.2) is 5.65 Å². The highest BCUT2D eigenvalue weighted by molar-refractivity contribution is 6.11. The minimum absolute atomic E-state index is 0.261. The minimum atomic E-state index is -0.261. The molecule has 0 bridgehead atoms. The Balaban J connectivity index is 1.39. The van der Waals surface area contributed by atoms with Gasteiger partial charge >= 0.3 is 0 Å². The predicted octanol–water partition coefficient (Wildman–Crippen LogP) is 3.34. The molecule has 4 heterocycles. The molecule has 1 aliphatic rings. The number of carbonyl (C=O) groups is 1. The van der Waals surface area contributed by atoms with E-state index in [0.29, 0.717) is 34.1 Å². The Labute approximate surface area is 197 Å².